The molecule has 3 aromatic carbocycles. The Hall–Kier alpha value is -4.10. The van der Waals surface area contributed by atoms with Crippen molar-refractivity contribution < 1.29 is 53.8 Å². The number of urea groups is 1. The molecule has 2 N–H and O–H groups in total. The zero-order chi connectivity index (χ0) is 32.2. The number of amides is 2. The molecule has 0 aromatic heterocycles. The summed E-state index contributed by atoms with van der Waals surface area (Å²) >= 11 is 0. The van der Waals surface area contributed by atoms with Crippen LogP contribution in [0.2, 0.25) is 0 Å². The lowest BCUT2D eigenvalue weighted by Crippen LogP contribution is -2.55. The summed E-state index contributed by atoms with van der Waals surface area (Å²) in [6.45, 7) is 3.81. The van der Waals surface area contributed by atoms with E-state index in [0.29, 0.717) is 18.6 Å². The Morgan fingerprint density at radius 2 is 1.51 bits per heavy atom. The standard InChI is InChI=1S/C29H27F9N2O3/c1-16(2)42-24-13-19(9-10-23(24)31)27(15-18-7-5-4-6-8-18,40-26(41)39-17(3)28(34,35)36)20-11-21(30)14-22(12-20)43-29(37,38)25(32)33/h4-14,16-17,25H,15H2,1-3H3,(H2,39,40,41)/t17?,27-/m1/s1. The van der Waals surface area contributed by atoms with Crippen molar-refractivity contribution in [1.82, 2.24) is 10.6 Å². The van der Waals surface area contributed by atoms with Crippen molar-refractivity contribution in [2.24, 2.45) is 0 Å². The van der Waals surface area contributed by atoms with Crippen LogP contribution >= 0.6 is 0 Å². The van der Waals surface area contributed by atoms with Gasteiger partial charge in [-0.3, -0.25) is 0 Å². The zero-order valence-corrected chi connectivity index (χ0v) is 22.9. The molecule has 0 fully saturated rings. The summed E-state index contributed by atoms with van der Waals surface area (Å²) in [6.07, 6.45) is -15.2. The van der Waals surface area contributed by atoms with Gasteiger partial charge >= 0.3 is 24.7 Å². The molecule has 14 heteroatoms. The maximum atomic E-state index is 14.9. The summed E-state index contributed by atoms with van der Waals surface area (Å²) in [6, 6.07) is 9.08. The van der Waals surface area contributed by atoms with Gasteiger partial charge in [-0.1, -0.05) is 36.4 Å². The fourth-order valence-corrected chi connectivity index (χ4v) is 4.15. The molecule has 5 nitrogen and oxygen atoms in total. The molecule has 0 aliphatic rings. The highest BCUT2D eigenvalue weighted by Gasteiger charge is 2.45. The Kier molecular flexibility index (Phi) is 10.1. The van der Waals surface area contributed by atoms with Gasteiger partial charge in [0.05, 0.1) is 11.6 Å². The van der Waals surface area contributed by atoms with Crippen molar-refractivity contribution in [2.45, 2.75) is 63.6 Å². The summed E-state index contributed by atoms with van der Waals surface area (Å²) < 4.78 is 132. The lowest BCUT2D eigenvalue weighted by molar-refractivity contribution is -0.253. The fraction of sp³-hybridized carbons (Fsp3) is 0.345. The van der Waals surface area contributed by atoms with Crippen LogP contribution in [0, 0.1) is 11.6 Å². The third kappa shape index (κ3) is 8.48. The molecular formula is C29H27F9N2O3. The Bertz CT molecular complexity index is 1400. The molecule has 1 unspecified atom stereocenters. The minimum atomic E-state index is -5.05. The van der Waals surface area contributed by atoms with Gasteiger partial charge in [0.25, 0.3) is 0 Å². The van der Waals surface area contributed by atoms with E-state index in [4.69, 9.17) is 4.74 Å². The second-order valence-corrected chi connectivity index (χ2v) is 9.88. The van der Waals surface area contributed by atoms with Gasteiger partial charge in [-0.15, -0.1) is 0 Å². The number of hydrogen-bond donors (Lipinski definition) is 2. The number of halogens is 9. The lowest BCUT2D eigenvalue weighted by Gasteiger charge is -2.37. The SMILES string of the molecule is CC(C)Oc1cc([C@@](Cc2ccccc2)(NC(=O)NC(C)C(F)(F)F)c2cc(F)cc(OC(F)(F)C(F)F)c2)ccc1F. The number of benzene rings is 3. The van der Waals surface area contributed by atoms with Crippen LogP contribution in [0.1, 0.15) is 37.5 Å². The Balaban J connectivity index is 2.32. The number of nitrogens with one attached hydrogen (secondary N) is 2. The average Bonchev–Trinajstić information content (AvgIpc) is 2.88. The molecule has 2 atom stereocenters. The number of carbonyl (C=O) groups excluding carboxylic acids is 1. The third-order valence-corrected chi connectivity index (χ3v) is 6.14. The van der Waals surface area contributed by atoms with Gasteiger partial charge in [0.1, 0.15) is 17.6 Å². The van der Waals surface area contributed by atoms with Crippen LogP contribution in [0.25, 0.3) is 0 Å². The monoisotopic (exact) mass is 622 g/mol. The molecular weight excluding hydrogens is 595 g/mol. The van der Waals surface area contributed by atoms with E-state index >= 15 is 0 Å². The summed E-state index contributed by atoms with van der Waals surface area (Å²) in [4.78, 5) is 13.1. The van der Waals surface area contributed by atoms with E-state index < -0.39 is 65.4 Å². The second kappa shape index (κ2) is 13.0. The highest BCUT2D eigenvalue weighted by Crippen LogP contribution is 2.39. The van der Waals surface area contributed by atoms with Crippen LogP contribution in [0.5, 0.6) is 11.5 Å². The number of carbonyl (C=O) groups is 1. The Morgan fingerprint density at radius 3 is 2.09 bits per heavy atom. The highest BCUT2D eigenvalue weighted by atomic mass is 19.4. The van der Waals surface area contributed by atoms with Gasteiger partial charge in [-0.2, -0.15) is 30.7 Å². The number of ether oxygens (including phenoxy) is 2. The molecule has 0 aliphatic heterocycles. The number of hydrogen-bond acceptors (Lipinski definition) is 3. The van der Waals surface area contributed by atoms with Crippen LogP contribution in [0.3, 0.4) is 0 Å². The smallest absolute Gasteiger partial charge is 0.461 e. The predicted octanol–water partition coefficient (Wildman–Crippen LogP) is 7.73. The summed E-state index contributed by atoms with van der Waals surface area (Å²) in [7, 11) is 0. The van der Waals surface area contributed by atoms with Crippen LogP contribution in [0.15, 0.2) is 66.7 Å². The van der Waals surface area contributed by atoms with Crippen LogP contribution in [0.4, 0.5) is 44.3 Å². The highest BCUT2D eigenvalue weighted by molar-refractivity contribution is 5.76. The molecule has 0 saturated carbocycles. The number of alkyl halides is 7. The molecule has 234 valence electrons. The van der Waals surface area contributed by atoms with E-state index in [1.165, 1.54) is 0 Å². The van der Waals surface area contributed by atoms with Gasteiger partial charge in [-0.25, -0.2) is 13.6 Å². The summed E-state index contributed by atoms with van der Waals surface area (Å²) in [5.74, 6) is -3.57. The number of rotatable bonds is 11. The molecule has 0 spiro atoms. The van der Waals surface area contributed by atoms with E-state index in [-0.39, 0.29) is 17.7 Å². The first-order valence-corrected chi connectivity index (χ1v) is 12.7. The van der Waals surface area contributed by atoms with Crippen LogP contribution < -0.4 is 20.1 Å². The topological polar surface area (TPSA) is 59.6 Å². The maximum absolute atomic E-state index is 14.9. The maximum Gasteiger partial charge on any atom is 0.461 e. The van der Waals surface area contributed by atoms with E-state index in [1.807, 2.05) is 0 Å². The van der Waals surface area contributed by atoms with Gasteiger partial charge in [0.15, 0.2) is 11.6 Å². The Labute approximate surface area is 241 Å². The van der Waals surface area contributed by atoms with Gasteiger partial charge in [-0.05, 0) is 61.7 Å². The minimum Gasteiger partial charge on any atom is -0.488 e. The first-order chi connectivity index (χ1) is 19.9. The van der Waals surface area contributed by atoms with Gasteiger partial charge in [0, 0.05) is 12.5 Å². The van der Waals surface area contributed by atoms with Crippen molar-refractivity contribution in [3.63, 3.8) is 0 Å². The molecule has 0 radical (unpaired) electrons. The van der Waals surface area contributed by atoms with Crippen molar-refractivity contribution >= 4 is 6.03 Å². The van der Waals surface area contributed by atoms with Crippen molar-refractivity contribution in [1.29, 1.82) is 0 Å². The molecule has 0 bridgehead atoms. The van der Waals surface area contributed by atoms with E-state index in [1.54, 1.807) is 49.5 Å². The molecule has 0 aliphatic carbocycles. The summed E-state index contributed by atoms with van der Waals surface area (Å²) in [5, 5.41) is 4.09. The molecule has 0 heterocycles. The van der Waals surface area contributed by atoms with Crippen LogP contribution in [-0.2, 0) is 12.0 Å². The minimum absolute atomic E-state index is 0.0830. The first-order valence-electron chi connectivity index (χ1n) is 12.7. The molecule has 0 saturated heterocycles. The van der Waals surface area contributed by atoms with E-state index in [0.717, 1.165) is 30.3 Å². The predicted molar refractivity (Wildman–Crippen MR) is 138 cm³/mol. The van der Waals surface area contributed by atoms with Crippen molar-refractivity contribution in [3.05, 3.63) is 95.1 Å². The van der Waals surface area contributed by atoms with Crippen LogP contribution in [-0.4, -0.2) is 36.9 Å². The second-order valence-electron chi connectivity index (χ2n) is 9.88. The zero-order valence-electron chi connectivity index (χ0n) is 22.9. The van der Waals surface area contributed by atoms with Gasteiger partial charge < -0.3 is 20.1 Å². The summed E-state index contributed by atoms with van der Waals surface area (Å²) in [5.41, 5.74) is -2.24. The average molecular weight is 623 g/mol. The molecule has 2 amide bonds. The van der Waals surface area contributed by atoms with Crippen molar-refractivity contribution in [3.8, 4) is 11.5 Å². The molecule has 3 rings (SSSR count). The van der Waals surface area contributed by atoms with E-state index in [2.05, 4.69) is 10.1 Å². The molecule has 43 heavy (non-hydrogen) atoms. The molecule has 3 aromatic rings. The largest absolute Gasteiger partial charge is 0.488 e. The first kappa shape index (κ1) is 33.4. The van der Waals surface area contributed by atoms with Crippen molar-refractivity contribution in [2.75, 3.05) is 0 Å². The fourth-order valence-electron chi connectivity index (χ4n) is 4.15. The normalized spacial score (nSPS) is 14.3. The quantitative estimate of drug-likeness (QED) is 0.215. The van der Waals surface area contributed by atoms with E-state index in [9.17, 15) is 44.3 Å². The lowest BCUT2D eigenvalue weighted by atomic mass is 9.77. The Morgan fingerprint density at radius 1 is 0.860 bits per heavy atom. The third-order valence-electron chi connectivity index (χ3n) is 6.14. The van der Waals surface area contributed by atoms with Gasteiger partial charge in [0.2, 0.25) is 0 Å².